The lowest BCUT2D eigenvalue weighted by molar-refractivity contribution is -0.122. The molecule has 2 aromatic rings. The molecule has 8 heteroatoms. The molecule has 0 aromatic carbocycles. The maximum atomic E-state index is 13.6. The van der Waals surface area contributed by atoms with Crippen LogP contribution in [0.2, 0.25) is 0 Å². The predicted octanol–water partition coefficient (Wildman–Crippen LogP) is 2.27. The fourth-order valence-corrected chi connectivity index (χ4v) is 4.27. The number of nitrogens with zero attached hydrogens (tertiary/aromatic N) is 5. The number of aromatic nitrogens is 3. The molecule has 2 amide bonds. The number of pyridine rings is 1. The minimum Gasteiger partial charge on any atom is -0.355 e. The Morgan fingerprint density at radius 3 is 2.42 bits per heavy atom. The summed E-state index contributed by atoms with van der Waals surface area (Å²) >= 11 is 0. The first-order valence-corrected chi connectivity index (χ1v) is 11.4. The van der Waals surface area contributed by atoms with Crippen LogP contribution in [0.5, 0.6) is 0 Å². The zero-order chi connectivity index (χ0) is 22.3. The number of hydrogen-bond donors (Lipinski definition) is 1. The quantitative estimate of drug-likeness (QED) is 0.793. The average molecular weight is 427 g/mol. The van der Waals surface area contributed by atoms with Gasteiger partial charge < -0.3 is 10.2 Å². The average Bonchev–Trinajstić information content (AvgIpc) is 3.50. The Morgan fingerprint density at radius 2 is 1.84 bits per heavy atom. The summed E-state index contributed by atoms with van der Waals surface area (Å²) in [6, 6.07) is 2.01. The minimum atomic E-state index is -0.216. The molecule has 1 saturated heterocycles. The normalized spacial score (nSPS) is 17.9. The van der Waals surface area contributed by atoms with Crippen LogP contribution < -0.4 is 5.32 Å². The molecule has 1 saturated carbocycles. The van der Waals surface area contributed by atoms with Crippen LogP contribution in [0.25, 0.3) is 11.0 Å². The third kappa shape index (κ3) is 4.44. The number of carbonyl (C=O) groups excluding carboxylic acids is 2. The second-order valence-electron chi connectivity index (χ2n) is 9.76. The van der Waals surface area contributed by atoms with Crippen molar-refractivity contribution < 1.29 is 9.59 Å². The molecule has 1 aliphatic carbocycles. The highest BCUT2D eigenvalue weighted by Crippen LogP contribution is 2.41. The summed E-state index contributed by atoms with van der Waals surface area (Å²) in [6.45, 7) is 13.9. The van der Waals surface area contributed by atoms with Gasteiger partial charge in [0, 0.05) is 44.3 Å². The number of rotatable bonds is 5. The number of likely N-dealkylation sites (N-methyl/N-ethyl adjacent to an activating group) is 1. The smallest absolute Gasteiger partial charge is 0.254 e. The number of amides is 2. The number of carbonyl (C=O) groups is 2. The summed E-state index contributed by atoms with van der Waals surface area (Å²) in [5, 5.41) is 8.47. The van der Waals surface area contributed by atoms with Gasteiger partial charge in [-0.15, -0.1) is 0 Å². The molecule has 8 nitrogen and oxygen atoms in total. The Labute approximate surface area is 184 Å². The minimum absolute atomic E-state index is 0.0393. The molecule has 0 spiro atoms. The van der Waals surface area contributed by atoms with Crippen LogP contribution in [0.15, 0.2) is 6.07 Å². The van der Waals surface area contributed by atoms with E-state index in [0.717, 1.165) is 40.8 Å². The lowest BCUT2D eigenvalue weighted by Crippen LogP contribution is -2.51. The number of fused-ring (bicyclic) bond motifs is 1. The van der Waals surface area contributed by atoms with E-state index in [0.29, 0.717) is 45.2 Å². The van der Waals surface area contributed by atoms with Gasteiger partial charge in [0.25, 0.3) is 5.91 Å². The van der Waals surface area contributed by atoms with Crippen molar-refractivity contribution in [3.63, 3.8) is 0 Å². The standard InChI is InChI=1S/C23H34N6O2/c1-6-24-19(30)14-27-9-11-28(12-10-27)22(31)17-13-18(16-7-8-16)25-21-20(17)15(2)26-29(21)23(3,4)5/h13,16H,6-12,14H2,1-5H3,(H,24,30). The van der Waals surface area contributed by atoms with Gasteiger partial charge in [-0.25, -0.2) is 9.67 Å². The Hall–Kier alpha value is -2.48. The number of nitrogens with one attached hydrogen (secondary N) is 1. The van der Waals surface area contributed by atoms with Gasteiger partial charge in [0.15, 0.2) is 5.65 Å². The molecular weight excluding hydrogens is 392 g/mol. The lowest BCUT2D eigenvalue weighted by atomic mass is 10.1. The van der Waals surface area contributed by atoms with Gasteiger partial charge in [-0.3, -0.25) is 14.5 Å². The van der Waals surface area contributed by atoms with E-state index in [1.807, 2.05) is 29.5 Å². The number of hydrogen-bond acceptors (Lipinski definition) is 5. The van der Waals surface area contributed by atoms with E-state index in [4.69, 9.17) is 10.1 Å². The number of aryl methyl sites for hydroxylation is 1. The molecule has 2 aliphatic rings. The van der Waals surface area contributed by atoms with E-state index in [1.165, 1.54) is 0 Å². The van der Waals surface area contributed by atoms with Gasteiger partial charge in [-0.1, -0.05) is 0 Å². The van der Waals surface area contributed by atoms with Crippen molar-refractivity contribution in [2.24, 2.45) is 0 Å². The van der Waals surface area contributed by atoms with Gasteiger partial charge in [0.2, 0.25) is 5.91 Å². The molecule has 0 atom stereocenters. The summed E-state index contributed by atoms with van der Waals surface area (Å²) in [5.74, 6) is 0.537. The second kappa shape index (κ2) is 8.22. The van der Waals surface area contributed by atoms with E-state index in [2.05, 4.69) is 31.0 Å². The number of piperazine rings is 1. The van der Waals surface area contributed by atoms with Gasteiger partial charge in [0.1, 0.15) is 0 Å². The summed E-state index contributed by atoms with van der Waals surface area (Å²) in [5.41, 5.74) is 3.17. The van der Waals surface area contributed by atoms with Crippen LogP contribution in [-0.2, 0) is 10.3 Å². The van der Waals surface area contributed by atoms with E-state index < -0.39 is 0 Å². The zero-order valence-electron chi connectivity index (χ0n) is 19.4. The van der Waals surface area contributed by atoms with Gasteiger partial charge >= 0.3 is 0 Å². The van der Waals surface area contributed by atoms with Gasteiger partial charge in [-0.05, 0) is 53.5 Å². The fourth-order valence-electron chi connectivity index (χ4n) is 4.27. The Kier molecular flexibility index (Phi) is 5.77. The van der Waals surface area contributed by atoms with Crippen LogP contribution in [-0.4, -0.2) is 75.6 Å². The van der Waals surface area contributed by atoms with Crippen LogP contribution in [0.4, 0.5) is 0 Å². The van der Waals surface area contributed by atoms with E-state index in [1.54, 1.807) is 0 Å². The molecule has 0 radical (unpaired) electrons. The molecule has 0 unspecified atom stereocenters. The summed E-state index contributed by atoms with van der Waals surface area (Å²) in [6.07, 6.45) is 2.26. The van der Waals surface area contributed by atoms with Crippen molar-refractivity contribution in [1.29, 1.82) is 0 Å². The summed E-state index contributed by atoms with van der Waals surface area (Å²) in [4.78, 5) is 34.5. The largest absolute Gasteiger partial charge is 0.355 e. The highest BCUT2D eigenvalue weighted by Gasteiger charge is 2.32. The molecular formula is C23H34N6O2. The maximum absolute atomic E-state index is 13.6. The highest BCUT2D eigenvalue weighted by atomic mass is 16.2. The van der Waals surface area contributed by atoms with Crippen molar-refractivity contribution in [3.8, 4) is 0 Å². The first-order valence-electron chi connectivity index (χ1n) is 11.4. The third-order valence-corrected chi connectivity index (χ3v) is 6.09. The first kappa shape index (κ1) is 21.7. The zero-order valence-corrected chi connectivity index (χ0v) is 19.4. The monoisotopic (exact) mass is 426 g/mol. The van der Waals surface area contributed by atoms with Crippen molar-refractivity contribution in [2.45, 2.75) is 58.9 Å². The fraction of sp³-hybridized carbons (Fsp3) is 0.652. The van der Waals surface area contributed by atoms with Crippen molar-refractivity contribution in [2.75, 3.05) is 39.3 Å². The van der Waals surface area contributed by atoms with Crippen LogP contribution in [0, 0.1) is 6.92 Å². The maximum Gasteiger partial charge on any atom is 0.254 e. The van der Waals surface area contributed by atoms with E-state index >= 15 is 0 Å². The van der Waals surface area contributed by atoms with Gasteiger partial charge in [-0.2, -0.15) is 5.10 Å². The SMILES string of the molecule is CCNC(=O)CN1CCN(C(=O)c2cc(C3CC3)nc3c2c(C)nn3C(C)(C)C)CC1. The molecule has 1 aliphatic heterocycles. The molecule has 1 N–H and O–H groups in total. The predicted molar refractivity (Wildman–Crippen MR) is 120 cm³/mol. The first-order chi connectivity index (χ1) is 14.7. The van der Waals surface area contributed by atoms with Crippen LogP contribution >= 0.6 is 0 Å². The van der Waals surface area contributed by atoms with E-state index in [-0.39, 0.29) is 17.4 Å². The Balaban J connectivity index is 1.61. The topological polar surface area (TPSA) is 83.4 Å². The van der Waals surface area contributed by atoms with E-state index in [9.17, 15) is 9.59 Å². The lowest BCUT2D eigenvalue weighted by Gasteiger charge is -2.34. The molecule has 4 rings (SSSR count). The molecule has 0 bridgehead atoms. The van der Waals surface area contributed by atoms with Crippen molar-refractivity contribution in [3.05, 3.63) is 23.0 Å². The molecule has 3 heterocycles. The molecule has 2 aromatic heterocycles. The summed E-state index contributed by atoms with van der Waals surface area (Å²) < 4.78 is 1.96. The molecule has 31 heavy (non-hydrogen) atoms. The van der Waals surface area contributed by atoms with Crippen LogP contribution in [0.1, 0.15) is 68.2 Å². The Morgan fingerprint density at radius 1 is 1.16 bits per heavy atom. The molecule has 168 valence electrons. The Bertz CT molecular complexity index is 994. The highest BCUT2D eigenvalue weighted by molar-refractivity contribution is 6.06. The third-order valence-electron chi connectivity index (χ3n) is 6.09. The molecule has 2 fully saturated rings. The second-order valence-corrected chi connectivity index (χ2v) is 9.76. The summed E-state index contributed by atoms with van der Waals surface area (Å²) in [7, 11) is 0. The van der Waals surface area contributed by atoms with Crippen LogP contribution in [0.3, 0.4) is 0 Å². The van der Waals surface area contributed by atoms with Crippen molar-refractivity contribution >= 4 is 22.8 Å². The van der Waals surface area contributed by atoms with Gasteiger partial charge in [0.05, 0.1) is 28.7 Å². The van der Waals surface area contributed by atoms with Crippen molar-refractivity contribution in [1.82, 2.24) is 29.9 Å².